The van der Waals surface area contributed by atoms with E-state index in [1.165, 1.54) is 0 Å². The van der Waals surface area contributed by atoms with Crippen molar-refractivity contribution in [2.24, 2.45) is 0 Å². The van der Waals surface area contributed by atoms with Crippen molar-refractivity contribution in [3.05, 3.63) is 65.7 Å². The molecular formula is C22H26N2O3. The standard InChI is InChI=1S/C22H26N2O3/c1-16-8-7-11-19(12-16)27-22(2,3)21(26)24-14-18(23-20(25)15-24)13-17-9-5-4-6-10-17/h4-12,18H,13-15H2,1-3H3,(H,23,25)/t18-/m0/s1. The first kappa shape index (κ1) is 19.0. The van der Waals surface area contributed by atoms with Crippen molar-refractivity contribution in [1.82, 2.24) is 10.2 Å². The molecule has 2 aromatic rings. The fourth-order valence-electron chi connectivity index (χ4n) is 3.39. The molecule has 2 amide bonds. The number of nitrogens with one attached hydrogen (secondary N) is 1. The maximum Gasteiger partial charge on any atom is 0.266 e. The lowest BCUT2D eigenvalue weighted by atomic mass is 10.0. The summed E-state index contributed by atoms with van der Waals surface area (Å²) in [6.07, 6.45) is 0.690. The molecule has 1 saturated heterocycles. The van der Waals surface area contributed by atoms with Crippen LogP contribution in [-0.2, 0) is 16.0 Å². The number of piperazine rings is 1. The second-order valence-electron chi connectivity index (χ2n) is 7.57. The molecular weight excluding hydrogens is 340 g/mol. The lowest BCUT2D eigenvalue weighted by molar-refractivity contribution is -0.150. The normalized spacial score (nSPS) is 17.4. The van der Waals surface area contributed by atoms with Crippen LogP contribution in [0.3, 0.4) is 0 Å². The molecule has 1 heterocycles. The minimum Gasteiger partial charge on any atom is -0.478 e. The average Bonchev–Trinajstić information content (AvgIpc) is 2.61. The number of carbonyl (C=O) groups is 2. The van der Waals surface area contributed by atoms with Crippen LogP contribution in [0.4, 0.5) is 0 Å². The summed E-state index contributed by atoms with van der Waals surface area (Å²) in [4.78, 5) is 26.8. The van der Waals surface area contributed by atoms with E-state index in [0.29, 0.717) is 18.7 Å². The van der Waals surface area contributed by atoms with Gasteiger partial charge in [-0.3, -0.25) is 9.59 Å². The Morgan fingerprint density at radius 1 is 1.19 bits per heavy atom. The van der Waals surface area contributed by atoms with Gasteiger partial charge in [0, 0.05) is 6.54 Å². The molecule has 5 nitrogen and oxygen atoms in total. The number of ether oxygens (including phenoxy) is 1. The quantitative estimate of drug-likeness (QED) is 0.885. The fourth-order valence-corrected chi connectivity index (χ4v) is 3.39. The molecule has 0 radical (unpaired) electrons. The third-order valence-corrected chi connectivity index (χ3v) is 4.63. The number of carbonyl (C=O) groups excluding carboxylic acids is 2. The van der Waals surface area contributed by atoms with Crippen LogP contribution in [0.25, 0.3) is 0 Å². The molecule has 27 heavy (non-hydrogen) atoms. The summed E-state index contributed by atoms with van der Waals surface area (Å²) in [7, 11) is 0. The number of benzene rings is 2. The number of hydrogen-bond acceptors (Lipinski definition) is 3. The van der Waals surface area contributed by atoms with Crippen molar-refractivity contribution in [2.45, 2.75) is 38.8 Å². The number of nitrogens with zero attached hydrogens (tertiary/aromatic N) is 1. The maximum atomic E-state index is 13.1. The van der Waals surface area contributed by atoms with Crippen LogP contribution >= 0.6 is 0 Å². The van der Waals surface area contributed by atoms with Gasteiger partial charge in [0.05, 0.1) is 12.6 Å². The lowest BCUT2D eigenvalue weighted by Gasteiger charge is -2.37. The lowest BCUT2D eigenvalue weighted by Crippen LogP contribution is -2.60. The van der Waals surface area contributed by atoms with Gasteiger partial charge in [0.2, 0.25) is 5.91 Å². The highest BCUT2D eigenvalue weighted by atomic mass is 16.5. The highest BCUT2D eigenvalue weighted by Crippen LogP contribution is 2.22. The van der Waals surface area contributed by atoms with Crippen molar-refractivity contribution >= 4 is 11.8 Å². The van der Waals surface area contributed by atoms with E-state index in [4.69, 9.17) is 4.74 Å². The molecule has 0 aliphatic carbocycles. The van der Waals surface area contributed by atoms with Crippen LogP contribution in [0.1, 0.15) is 25.0 Å². The molecule has 1 N–H and O–H groups in total. The van der Waals surface area contributed by atoms with E-state index in [2.05, 4.69) is 5.32 Å². The third-order valence-electron chi connectivity index (χ3n) is 4.63. The van der Waals surface area contributed by atoms with Gasteiger partial charge in [-0.25, -0.2) is 0 Å². The zero-order valence-corrected chi connectivity index (χ0v) is 16.1. The van der Waals surface area contributed by atoms with Gasteiger partial charge in [-0.2, -0.15) is 0 Å². The Morgan fingerprint density at radius 3 is 2.63 bits per heavy atom. The average molecular weight is 366 g/mol. The minimum absolute atomic E-state index is 0.0602. The number of rotatable bonds is 5. The van der Waals surface area contributed by atoms with Gasteiger partial charge in [0.25, 0.3) is 5.91 Å². The Bertz CT molecular complexity index is 817. The van der Waals surface area contributed by atoms with Crippen LogP contribution < -0.4 is 10.1 Å². The Morgan fingerprint density at radius 2 is 1.93 bits per heavy atom. The van der Waals surface area contributed by atoms with Crippen molar-refractivity contribution in [3.8, 4) is 5.75 Å². The molecule has 3 rings (SSSR count). The van der Waals surface area contributed by atoms with Gasteiger partial charge in [-0.1, -0.05) is 42.5 Å². The Balaban J connectivity index is 1.69. The molecule has 1 aliphatic heterocycles. The van der Waals surface area contributed by atoms with Crippen LogP contribution in [0.2, 0.25) is 0 Å². The van der Waals surface area contributed by atoms with E-state index in [1.807, 2.05) is 61.5 Å². The molecule has 5 heteroatoms. The van der Waals surface area contributed by atoms with Crippen molar-refractivity contribution in [3.63, 3.8) is 0 Å². The molecule has 1 atom stereocenters. The fraction of sp³-hybridized carbons (Fsp3) is 0.364. The first-order valence-electron chi connectivity index (χ1n) is 9.22. The summed E-state index contributed by atoms with van der Waals surface area (Å²) in [6, 6.07) is 17.5. The van der Waals surface area contributed by atoms with Crippen LogP contribution in [0.15, 0.2) is 54.6 Å². The summed E-state index contributed by atoms with van der Waals surface area (Å²) in [6.45, 7) is 6.00. The summed E-state index contributed by atoms with van der Waals surface area (Å²) >= 11 is 0. The molecule has 1 fully saturated rings. The number of amides is 2. The molecule has 0 unspecified atom stereocenters. The van der Waals surface area contributed by atoms with Gasteiger partial charge >= 0.3 is 0 Å². The first-order chi connectivity index (χ1) is 12.8. The van der Waals surface area contributed by atoms with Crippen LogP contribution in [0.5, 0.6) is 5.75 Å². The zero-order valence-electron chi connectivity index (χ0n) is 16.1. The third kappa shape index (κ3) is 4.88. The Kier molecular flexibility index (Phi) is 5.49. The number of aryl methyl sites for hydroxylation is 1. The highest BCUT2D eigenvalue weighted by molar-refractivity contribution is 5.90. The molecule has 142 valence electrons. The van der Waals surface area contributed by atoms with E-state index < -0.39 is 5.60 Å². The Hall–Kier alpha value is -2.82. The smallest absolute Gasteiger partial charge is 0.266 e. The van der Waals surface area contributed by atoms with E-state index in [1.54, 1.807) is 18.7 Å². The summed E-state index contributed by atoms with van der Waals surface area (Å²) in [5, 5.41) is 2.98. The van der Waals surface area contributed by atoms with Gasteiger partial charge < -0.3 is 15.0 Å². The van der Waals surface area contributed by atoms with Crippen molar-refractivity contribution < 1.29 is 14.3 Å². The highest BCUT2D eigenvalue weighted by Gasteiger charge is 2.38. The maximum absolute atomic E-state index is 13.1. The molecule has 2 aromatic carbocycles. The molecule has 0 bridgehead atoms. The minimum atomic E-state index is -1.05. The SMILES string of the molecule is Cc1cccc(OC(C)(C)C(=O)N2CC(=O)N[C@@H](Cc3ccccc3)C2)c1. The molecule has 0 aromatic heterocycles. The Labute approximate surface area is 160 Å². The van der Waals surface area contributed by atoms with Gasteiger partial charge in [-0.15, -0.1) is 0 Å². The second kappa shape index (κ2) is 7.82. The van der Waals surface area contributed by atoms with Crippen molar-refractivity contribution in [1.29, 1.82) is 0 Å². The van der Waals surface area contributed by atoms with E-state index in [-0.39, 0.29) is 24.4 Å². The van der Waals surface area contributed by atoms with Crippen LogP contribution in [0, 0.1) is 6.92 Å². The second-order valence-corrected chi connectivity index (χ2v) is 7.57. The summed E-state index contributed by atoms with van der Waals surface area (Å²) < 4.78 is 5.96. The van der Waals surface area contributed by atoms with E-state index in [9.17, 15) is 9.59 Å². The summed E-state index contributed by atoms with van der Waals surface area (Å²) in [5.74, 6) is 0.328. The predicted octanol–water partition coefficient (Wildman–Crippen LogP) is 2.72. The molecule has 1 aliphatic rings. The predicted molar refractivity (Wildman–Crippen MR) is 105 cm³/mol. The summed E-state index contributed by atoms with van der Waals surface area (Å²) in [5.41, 5.74) is 1.14. The largest absolute Gasteiger partial charge is 0.478 e. The van der Waals surface area contributed by atoms with Crippen LogP contribution in [-0.4, -0.2) is 41.4 Å². The topological polar surface area (TPSA) is 58.6 Å². The van der Waals surface area contributed by atoms with E-state index >= 15 is 0 Å². The van der Waals surface area contributed by atoms with Crippen molar-refractivity contribution in [2.75, 3.05) is 13.1 Å². The molecule has 0 spiro atoms. The van der Waals surface area contributed by atoms with Gasteiger partial charge in [0.1, 0.15) is 5.75 Å². The molecule has 0 saturated carbocycles. The van der Waals surface area contributed by atoms with E-state index in [0.717, 1.165) is 11.1 Å². The monoisotopic (exact) mass is 366 g/mol. The van der Waals surface area contributed by atoms with Gasteiger partial charge in [-0.05, 0) is 50.5 Å². The van der Waals surface area contributed by atoms with Gasteiger partial charge in [0.15, 0.2) is 5.60 Å². The zero-order chi connectivity index (χ0) is 19.4. The first-order valence-corrected chi connectivity index (χ1v) is 9.22. The number of hydrogen-bond donors (Lipinski definition) is 1.